The van der Waals surface area contributed by atoms with Gasteiger partial charge in [0.25, 0.3) is 0 Å². The molecule has 0 saturated heterocycles. The van der Waals surface area contributed by atoms with E-state index in [4.69, 9.17) is 16.3 Å². The van der Waals surface area contributed by atoms with Gasteiger partial charge in [0.15, 0.2) is 5.65 Å². The summed E-state index contributed by atoms with van der Waals surface area (Å²) in [5, 5.41) is 5.98. The number of benzene rings is 1. The SMILES string of the molecule is CC.CC.COc1ccc(Cn2ncc3c(Cl)c(C)cnc32)cc1. The first-order valence-electron chi connectivity index (χ1n) is 8.28. The van der Waals surface area contributed by atoms with Gasteiger partial charge in [-0.05, 0) is 30.2 Å². The molecular weight excluding hydrogens is 322 g/mol. The Morgan fingerprint density at radius 3 is 2.25 bits per heavy atom. The zero-order valence-corrected chi connectivity index (χ0v) is 16.1. The Morgan fingerprint density at radius 1 is 1.04 bits per heavy atom. The van der Waals surface area contributed by atoms with E-state index in [1.165, 1.54) is 0 Å². The van der Waals surface area contributed by atoms with Crippen molar-refractivity contribution in [2.45, 2.75) is 41.2 Å². The normalized spacial score (nSPS) is 9.62. The van der Waals surface area contributed by atoms with Crippen LogP contribution in [-0.4, -0.2) is 21.9 Å². The molecule has 3 rings (SSSR count). The predicted molar refractivity (Wildman–Crippen MR) is 102 cm³/mol. The minimum Gasteiger partial charge on any atom is -0.497 e. The smallest absolute Gasteiger partial charge is 0.159 e. The molecule has 0 aliphatic rings. The van der Waals surface area contributed by atoms with Crippen molar-refractivity contribution in [2.24, 2.45) is 0 Å². The second-order valence-electron chi connectivity index (χ2n) is 4.64. The Bertz CT molecular complexity index is 751. The van der Waals surface area contributed by atoms with Crippen molar-refractivity contribution in [2.75, 3.05) is 7.11 Å². The van der Waals surface area contributed by atoms with E-state index in [0.29, 0.717) is 6.54 Å². The highest BCUT2D eigenvalue weighted by Crippen LogP contribution is 2.25. The van der Waals surface area contributed by atoms with Crippen LogP contribution < -0.4 is 4.74 Å². The maximum Gasteiger partial charge on any atom is 0.159 e. The molecular formula is C19H26ClN3O. The number of methoxy groups -OCH3 is 1. The number of halogens is 1. The van der Waals surface area contributed by atoms with Gasteiger partial charge in [0.2, 0.25) is 0 Å². The van der Waals surface area contributed by atoms with Gasteiger partial charge in [-0.25, -0.2) is 9.67 Å². The van der Waals surface area contributed by atoms with E-state index in [9.17, 15) is 0 Å². The van der Waals surface area contributed by atoms with E-state index in [1.54, 1.807) is 19.5 Å². The van der Waals surface area contributed by atoms with Gasteiger partial charge >= 0.3 is 0 Å². The number of nitrogens with zero attached hydrogens (tertiary/aromatic N) is 3. The quantitative estimate of drug-likeness (QED) is 0.627. The highest BCUT2D eigenvalue weighted by molar-refractivity contribution is 6.35. The molecule has 0 amide bonds. The fraction of sp³-hybridized carbons (Fsp3) is 0.368. The van der Waals surface area contributed by atoms with Crippen molar-refractivity contribution < 1.29 is 4.74 Å². The van der Waals surface area contributed by atoms with Crippen LogP contribution in [0.4, 0.5) is 0 Å². The van der Waals surface area contributed by atoms with Crippen LogP contribution in [0, 0.1) is 6.92 Å². The molecule has 2 heterocycles. The van der Waals surface area contributed by atoms with E-state index >= 15 is 0 Å². The molecule has 0 aliphatic heterocycles. The van der Waals surface area contributed by atoms with Gasteiger partial charge < -0.3 is 4.74 Å². The van der Waals surface area contributed by atoms with Crippen molar-refractivity contribution >= 4 is 22.6 Å². The van der Waals surface area contributed by atoms with Crippen LogP contribution >= 0.6 is 11.6 Å². The Kier molecular flexibility index (Phi) is 8.27. The third-order valence-electron chi connectivity index (χ3n) is 3.27. The highest BCUT2D eigenvalue weighted by atomic mass is 35.5. The third-order valence-corrected chi connectivity index (χ3v) is 3.77. The zero-order chi connectivity index (χ0) is 18.1. The lowest BCUT2D eigenvalue weighted by Crippen LogP contribution is -2.02. The van der Waals surface area contributed by atoms with Crippen LogP contribution in [0.15, 0.2) is 36.7 Å². The lowest BCUT2D eigenvalue weighted by Gasteiger charge is -2.05. The Morgan fingerprint density at radius 2 is 1.67 bits per heavy atom. The number of fused-ring (bicyclic) bond motifs is 1. The van der Waals surface area contributed by atoms with Gasteiger partial charge in [-0.3, -0.25) is 0 Å². The number of hydrogen-bond acceptors (Lipinski definition) is 3. The van der Waals surface area contributed by atoms with Crippen LogP contribution in [0.1, 0.15) is 38.8 Å². The van der Waals surface area contributed by atoms with Gasteiger partial charge in [-0.1, -0.05) is 51.4 Å². The average Bonchev–Trinajstić information content (AvgIpc) is 3.06. The number of hydrogen-bond donors (Lipinski definition) is 0. The largest absolute Gasteiger partial charge is 0.497 e. The van der Waals surface area contributed by atoms with Crippen LogP contribution in [0.25, 0.3) is 11.0 Å². The molecule has 0 bridgehead atoms. The monoisotopic (exact) mass is 347 g/mol. The van der Waals surface area contributed by atoms with E-state index in [2.05, 4.69) is 10.1 Å². The lowest BCUT2D eigenvalue weighted by atomic mass is 10.2. The van der Waals surface area contributed by atoms with Gasteiger partial charge in [-0.2, -0.15) is 5.10 Å². The van der Waals surface area contributed by atoms with Crippen LogP contribution in [0.3, 0.4) is 0 Å². The molecule has 0 saturated carbocycles. The first-order chi connectivity index (χ1) is 11.7. The molecule has 0 aliphatic carbocycles. The molecule has 0 atom stereocenters. The topological polar surface area (TPSA) is 39.9 Å². The van der Waals surface area contributed by atoms with Crippen LogP contribution in [-0.2, 0) is 6.54 Å². The summed E-state index contributed by atoms with van der Waals surface area (Å²) >= 11 is 6.27. The van der Waals surface area contributed by atoms with Crippen molar-refractivity contribution in [3.63, 3.8) is 0 Å². The Labute approximate surface area is 149 Å². The van der Waals surface area contributed by atoms with Crippen LogP contribution in [0.2, 0.25) is 5.02 Å². The fourth-order valence-electron chi connectivity index (χ4n) is 2.12. The molecule has 24 heavy (non-hydrogen) atoms. The molecule has 130 valence electrons. The molecule has 3 aromatic rings. The summed E-state index contributed by atoms with van der Waals surface area (Å²) in [4.78, 5) is 4.42. The maximum absolute atomic E-state index is 6.27. The summed E-state index contributed by atoms with van der Waals surface area (Å²) in [6, 6.07) is 7.90. The number of aromatic nitrogens is 3. The highest BCUT2D eigenvalue weighted by Gasteiger charge is 2.09. The first-order valence-corrected chi connectivity index (χ1v) is 8.66. The molecule has 5 heteroatoms. The fourth-order valence-corrected chi connectivity index (χ4v) is 2.30. The third kappa shape index (κ3) is 4.48. The van der Waals surface area contributed by atoms with Gasteiger partial charge in [0.05, 0.1) is 30.3 Å². The van der Waals surface area contributed by atoms with Crippen molar-refractivity contribution in [3.05, 3.63) is 52.8 Å². The minimum atomic E-state index is 0.653. The molecule has 0 fully saturated rings. The van der Waals surface area contributed by atoms with E-state index in [1.807, 2.05) is 63.6 Å². The molecule has 4 nitrogen and oxygen atoms in total. The standard InChI is InChI=1S/C15H14ClN3O.2C2H6/c1-10-7-17-15-13(14(10)16)8-18-19(15)9-11-3-5-12(20-2)6-4-11;2*1-2/h3-8H,9H2,1-2H3;2*1-2H3. The molecule has 0 unspecified atom stereocenters. The van der Waals surface area contributed by atoms with Crippen LogP contribution in [0.5, 0.6) is 5.75 Å². The molecule has 2 aromatic heterocycles. The number of pyridine rings is 1. The van der Waals surface area contributed by atoms with E-state index in [0.717, 1.165) is 32.9 Å². The average molecular weight is 348 g/mol. The molecule has 0 spiro atoms. The van der Waals surface area contributed by atoms with Gasteiger partial charge in [0.1, 0.15) is 5.75 Å². The number of aryl methyl sites for hydroxylation is 1. The summed E-state index contributed by atoms with van der Waals surface area (Å²) in [7, 11) is 1.66. The predicted octanol–water partition coefficient (Wildman–Crippen LogP) is 5.50. The van der Waals surface area contributed by atoms with Crippen molar-refractivity contribution in [1.82, 2.24) is 14.8 Å². The molecule has 0 radical (unpaired) electrons. The minimum absolute atomic E-state index is 0.653. The second-order valence-corrected chi connectivity index (χ2v) is 5.02. The van der Waals surface area contributed by atoms with Gasteiger partial charge in [0, 0.05) is 6.20 Å². The summed E-state index contributed by atoms with van der Waals surface area (Å²) in [6.07, 6.45) is 3.54. The van der Waals surface area contributed by atoms with Crippen molar-refractivity contribution in [1.29, 1.82) is 0 Å². The lowest BCUT2D eigenvalue weighted by molar-refractivity contribution is 0.414. The summed E-state index contributed by atoms with van der Waals surface area (Å²) in [6.45, 7) is 10.6. The molecule has 0 N–H and O–H groups in total. The van der Waals surface area contributed by atoms with Crippen molar-refractivity contribution in [3.8, 4) is 5.75 Å². The summed E-state index contributed by atoms with van der Waals surface area (Å²) in [5.74, 6) is 0.843. The van der Waals surface area contributed by atoms with E-state index in [-0.39, 0.29) is 0 Å². The number of ether oxygens (including phenoxy) is 1. The van der Waals surface area contributed by atoms with Gasteiger partial charge in [-0.15, -0.1) is 0 Å². The second kappa shape index (κ2) is 9.93. The van der Waals surface area contributed by atoms with E-state index < -0.39 is 0 Å². The zero-order valence-electron chi connectivity index (χ0n) is 15.3. The summed E-state index contributed by atoms with van der Waals surface area (Å²) < 4.78 is 7.00. The first kappa shape index (κ1) is 20.0. The molecule has 1 aromatic carbocycles. The maximum atomic E-state index is 6.27. The summed E-state index contributed by atoms with van der Waals surface area (Å²) in [5.41, 5.74) is 2.90. The Hall–Kier alpha value is -2.07. The number of rotatable bonds is 3. The Balaban J connectivity index is 0.000000671.